The Morgan fingerprint density at radius 2 is 1.76 bits per heavy atom. The number of hydrogen-bond donors (Lipinski definition) is 1. The van der Waals surface area contributed by atoms with Gasteiger partial charge in [0.2, 0.25) is 5.91 Å². The zero-order valence-electron chi connectivity index (χ0n) is 15.2. The van der Waals surface area contributed by atoms with Gasteiger partial charge in [-0.25, -0.2) is 9.79 Å². The minimum atomic E-state index is -1.02. The maximum absolute atomic E-state index is 12.8. The Morgan fingerprint density at radius 3 is 2.34 bits per heavy atom. The molecule has 1 heterocycles. The number of carboxylic acids is 1. The highest BCUT2D eigenvalue weighted by Gasteiger charge is 2.38. The minimum absolute atomic E-state index is 0.0374. The van der Waals surface area contributed by atoms with Crippen molar-refractivity contribution in [3.8, 4) is 0 Å². The fourth-order valence-electron chi connectivity index (χ4n) is 2.73. The van der Waals surface area contributed by atoms with E-state index >= 15 is 0 Å². The number of amides is 1. The second-order valence-electron chi connectivity index (χ2n) is 6.22. The molecule has 2 aromatic rings. The molecule has 1 amide bonds. The molecular weight excluding hydrogens is 412 g/mol. The molecule has 6 nitrogen and oxygen atoms in total. The third kappa shape index (κ3) is 4.93. The maximum atomic E-state index is 12.8. The summed E-state index contributed by atoms with van der Waals surface area (Å²) in [5.74, 6) is -1.39. The highest BCUT2D eigenvalue weighted by Crippen LogP contribution is 2.32. The lowest BCUT2D eigenvalue weighted by atomic mass is 10.1. The first-order chi connectivity index (χ1) is 13.9. The van der Waals surface area contributed by atoms with Gasteiger partial charge >= 0.3 is 5.97 Å². The molecule has 0 aromatic heterocycles. The first-order valence-corrected chi connectivity index (χ1v) is 9.94. The number of benzene rings is 2. The summed E-state index contributed by atoms with van der Waals surface area (Å²) >= 11 is 7.07. The van der Waals surface area contributed by atoms with Crippen molar-refractivity contribution in [1.82, 2.24) is 4.90 Å². The molecule has 148 valence electrons. The van der Waals surface area contributed by atoms with Crippen LogP contribution in [0.25, 0.3) is 0 Å². The van der Waals surface area contributed by atoms with Crippen molar-refractivity contribution in [2.45, 2.75) is 11.7 Å². The molecule has 1 N–H and O–H groups in total. The quantitative estimate of drug-likeness (QED) is 0.520. The van der Waals surface area contributed by atoms with E-state index in [1.165, 1.54) is 28.8 Å². The van der Waals surface area contributed by atoms with E-state index < -0.39 is 11.2 Å². The Bertz CT molecular complexity index is 987. The molecule has 1 aliphatic rings. The van der Waals surface area contributed by atoms with Crippen LogP contribution in [0.3, 0.4) is 0 Å². The minimum Gasteiger partial charge on any atom is -0.478 e. The Balaban J connectivity index is 1.80. The molecule has 0 bridgehead atoms. The summed E-state index contributed by atoms with van der Waals surface area (Å²) in [6.45, 7) is 3.94. The van der Waals surface area contributed by atoms with Crippen molar-refractivity contribution in [3.63, 3.8) is 0 Å². The number of carboxylic acid groups (broad SMARTS) is 1. The number of halogens is 1. The molecule has 8 heteroatoms. The molecule has 0 saturated carbocycles. The van der Waals surface area contributed by atoms with Crippen LogP contribution in [-0.2, 0) is 4.79 Å². The van der Waals surface area contributed by atoms with Crippen molar-refractivity contribution < 1.29 is 19.5 Å². The smallest absolute Gasteiger partial charge is 0.335 e. The van der Waals surface area contributed by atoms with Crippen molar-refractivity contribution >= 4 is 51.9 Å². The maximum Gasteiger partial charge on any atom is 0.335 e. The Kier molecular flexibility index (Phi) is 6.51. The van der Waals surface area contributed by atoms with Gasteiger partial charge in [0.25, 0.3) is 0 Å². The molecule has 0 radical (unpaired) electrons. The lowest BCUT2D eigenvalue weighted by Gasteiger charge is -2.13. The standard InChI is InChI=1S/C21H17ClN2O4S/c1-2-11-24-19(26)18(12-17(25)13-3-7-15(22)8-4-13)29-21(24)23-16-9-5-14(6-10-16)20(27)28/h2-10,18H,1,11-12H2,(H,27,28). The molecule has 1 atom stereocenters. The topological polar surface area (TPSA) is 87.0 Å². The van der Waals surface area contributed by atoms with Crippen molar-refractivity contribution in [2.24, 2.45) is 4.99 Å². The van der Waals surface area contributed by atoms with Gasteiger partial charge in [-0.1, -0.05) is 29.4 Å². The summed E-state index contributed by atoms with van der Waals surface area (Å²) in [5.41, 5.74) is 1.16. The third-order valence-electron chi connectivity index (χ3n) is 4.21. The normalized spacial score (nSPS) is 17.6. The fourth-order valence-corrected chi connectivity index (χ4v) is 4.03. The Hall–Kier alpha value is -2.90. The number of aromatic carboxylic acids is 1. The fraction of sp³-hybridized carbons (Fsp3) is 0.143. The molecule has 1 fully saturated rings. The van der Waals surface area contributed by atoms with Gasteiger partial charge in [0.15, 0.2) is 11.0 Å². The molecule has 0 aliphatic carbocycles. The van der Waals surface area contributed by atoms with Gasteiger partial charge in [-0.3, -0.25) is 14.5 Å². The molecular formula is C21H17ClN2O4S. The first-order valence-electron chi connectivity index (χ1n) is 8.69. The molecule has 1 aliphatic heterocycles. The van der Waals surface area contributed by atoms with E-state index in [0.717, 1.165) is 0 Å². The highest BCUT2D eigenvalue weighted by atomic mass is 35.5. The van der Waals surface area contributed by atoms with Gasteiger partial charge < -0.3 is 5.11 Å². The van der Waals surface area contributed by atoms with Crippen LogP contribution >= 0.6 is 23.4 Å². The van der Waals surface area contributed by atoms with Crippen LogP contribution in [0.15, 0.2) is 66.2 Å². The SMILES string of the molecule is C=CCN1C(=O)C(CC(=O)c2ccc(Cl)cc2)SC1=Nc1ccc(C(=O)O)cc1. The average molecular weight is 429 g/mol. The van der Waals surface area contributed by atoms with Crippen LogP contribution in [0.5, 0.6) is 0 Å². The number of ketones is 1. The summed E-state index contributed by atoms with van der Waals surface area (Å²) < 4.78 is 0. The molecule has 29 heavy (non-hydrogen) atoms. The van der Waals surface area contributed by atoms with E-state index in [9.17, 15) is 14.4 Å². The van der Waals surface area contributed by atoms with Crippen molar-refractivity contribution in [1.29, 1.82) is 0 Å². The van der Waals surface area contributed by atoms with Crippen LogP contribution in [0.2, 0.25) is 5.02 Å². The van der Waals surface area contributed by atoms with E-state index in [1.807, 2.05) is 0 Å². The lowest BCUT2D eigenvalue weighted by molar-refractivity contribution is -0.125. The number of hydrogen-bond acceptors (Lipinski definition) is 5. The van der Waals surface area contributed by atoms with E-state index in [4.69, 9.17) is 16.7 Å². The summed E-state index contributed by atoms with van der Waals surface area (Å²) in [6.07, 6.45) is 1.63. The second-order valence-corrected chi connectivity index (χ2v) is 7.83. The average Bonchev–Trinajstić information content (AvgIpc) is 2.98. The summed E-state index contributed by atoms with van der Waals surface area (Å²) in [6, 6.07) is 12.6. The number of amidine groups is 1. The number of rotatable bonds is 7. The summed E-state index contributed by atoms with van der Waals surface area (Å²) in [7, 11) is 0. The monoisotopic (exact) mass is 428 g/mol. The molecule has 0 spiro atoms. The molecule has 2 aromatic carbocycles. The van der Waals surface area contributed by atoms with Crippen LogP contribution in [0, 0.1) is 0 Å². The highest BCUT2D eigenvalue weighted by molar-refractivity contribution is 8.15. The van der Waals surface area contributed by atoms with Gasteiger partial charge in [0.05, 0.1) is 16.5 Å². The molecule has 1 unspecified atom stereocenters. The van der Waals surface area contributed by atoms with E-state index in [1.54, 1.807) is 42.5 Å². The van der Waals surface area contributed by atoms with Gasteiger partial charge in [-0.05, 0) is 48.5 Å². The zero-order chi connectivity index (χ0) is 21.0. The van der Waals surface area contributed by atoms with Crippen LogP contribution in [0.4, 0.5) is 5.69 Å². The predicted octanol–water partition coefficient (Wildman–Crippen LogP) is 4.43. The number of nitrogens with zero attached hydrogens (tertiary/aromatic N) is 2. The summed E-state index contributed by atoms with van der Waals surface area (Å²) in [5, 5.41) is 9.39. The van der Waals surface area contributed by atoms with Crippen LogP contribution < -0.4 is 0 Å². The van der Waals surface area contributed by atoms with E-state index in [0.29, 0.717) is 21.4 Å². The van der Waals surface area contributed by atoms with Gasteiger partial charge in [0.1, 0.15) is 0 Å². The van der Waals surface area contributed by atoms with Gasteiger partial charge in [-0.2, -0.15) is 0 Å². The van der Waals surface area contributed by atoms with Crippen LogP contribution in [-0.4, -0.2) is 44.6 Å². The zero-order valence-corrected chi connectivity index (χ0v) is 16.8. The van der Waals surface area contributed by atoms with Gasteiger partial charge in [-0.15, -0.1) is 6.58 Å². The van der Waals surface area contributed by atoms with Crippen molar-refractivity contribution in [2.75, 3.05) is 6.54 Å². The van der Waals surface area contributed by atoms with Crippen molar-refractivity contribution in [3.05, 3.63) is 77.3 Å². The third-order valence-corrected chi connectivity index (χ3v) is 5.63. The molecule has 3 rings (SSSR count). The summed E-state index contributed by atoms with van der Waals surface area (Å²) in [4.78, 5) is 42.2. The molecule has 1 saturated heterocycles. The number of thioether (sulfide) groups is 1. The van der Waals surface area contributed by atoms with E-state index in [-0.39, 0.29) is 30.2 Å². The van der Waals surface area contributed by atoms with Gasteiger partial charge in [0, 0.05) is 23.6 Å². The second kappa shape index (κ2) is 9.07. The Morgan fingerprint density at radius 1 is 1.14 bits per heavy atom. The largest absolute Gasteiger partial charge is 0.478 e. The lowest BCUT2D eigenvalue weighted by Crippen LogP contribution is -2.32. The number of aliphatic imine (C=N–C) groups is 1. The number of carbonyl (C=O) groups excluding carboxylic acids is 2. The predicted molar refractivity (Wildman–Crippen MR) is 114 cm³/mol. The number of Topliss-reactive ketones (excluding diaryl/α,β-unsaturated/α-hetero) is 1. The Labute approximate surface area is 176 Å². The first kappa shape index (κ1) is 20.8. The van der Waals surface area contributed by atoms with Crippen LogP contribution in [0.1, 0.15) is 27.1 Å². The van der Waals surface area contributed by atoms with E-state index in [2.05, 4.69) is 11.6 Å². The number of carbonyl (C=O) groups is 3.